The second-order valence-corrected chi connectivity index (χ2v) is 2.88. The minimum atomic E-state index is -0.355. The highest BCUT2D eigenvalue weighted by molar-refractivity contribution is 5.47. The molecule has 0 radical (unpaired) electrons. The normalized spacial score (nSPS) is 19.1. The number of hydrogen-bond acceptors (Lipinski definition) is 5. The molecule has 2 rings (SSSR count). The van der Waals surface area contributed by atoms with Gasteiger partial charge in [-0.15, -0.1) is 10.2 Å². The molecule has 74 valence electrons. The summed E-state index contributed by atoms with van der Waals surface area (Å²) in [7, 11) is 0. The average molecular weight is 194 g/mol. The summed E-state index contributed by atoms with van der Waals surface area (Å²) in [5.74, 6) is 0.862. The van der Waals surface area contributed by atoms with Crippen LogP contribution in [0.2, 0.25) is 0 Å². The Morgan fingerprint density at radius 1 is 1.64 bits per heavy atom. The zero-order valence-corrected chi connectivity index (χ0v) is 7.51. The first-order chi connectivity index (χ1) is 6.83. The molecule has 14 heavy (non-hydrogen) atoms. The fraction of sp³-hybridized carbons (Fsp3) is 0.333. The molecule has 0 aromatic carbocycles. The highest BCUT2D eigenvalue weighted by atomic mass is 16.6. The first-order valence-corrected chi connectivity index (χ1v) is 4.24. The van der Waals surface area contributed by atoms with E-state index in [9.17, 15) is 0 Å². The summed E-state index contributed by atoms with van der Waals surface area (Å²) in [5.41, 5.74) is 0.634. The molecule has 1 atom stereocenters. The van der Waals surface area contributed by atoms with Crippen LogP contribution in [0.15, 0.2) is 12.6 Å². The first-order valence-electron chi connectivity index (χ1n) is 4.24. The zero-order valence-electron chi connectivity index (χ0n) is 7.51. The molecule has 1 aliphatic rings. The summed E-state index contributed by atoms with van der Waals surface area (Å²) in [5, 5.41) is 16.5. The number of aromatic nitrogens is 2. The van der Waals surface area contributed by atoms with E-state index in [-0.39, 0.29) is 12.7 Å². The summed E-state index contributed by atoms with van der Waals surface area (Å²) < 4.78 is 10.6. The Kier molecular flexibility index (Phi) is 2.32. The van der Waals surface area contributed by atoms with Crippen LogP contribution in [-0.2, 0) is 0 Å². The lowest BCUT2D eigenvalue weighted by Crippen LogP contribution is -2.32. The molecule has 1 N–H and O–H groups in total. The van der Waals surface area contributed by atoms with E-state index in [1.807, 2.05) is 0 Å². The van der Waals surface area contributed by atoms with Crippen LogP contribution in [0.3, 0.4) is 0 Å². The van der Waals surface area contributed by atoms with Gasteiger partial charge in [0.05, 0.1) is 12.3 Å². The van der Waals surface area contributed by atoms with Crippen molar-refractivity contribution >= 4 is 6.08 Å². The number of hydrogen-bond donors (Lipinski definition) is 1. The fourth-order valence-electron chi connectivity index (χ4n) is 1.13. The fourth-order valence-corrected chi connectivity index (χ4v) is 1.13. The molecule has 1 aliphatic heterocycles. The van der Waals surface area contributed by atoms with Gasteiger partial charge in [-0.05, 0) is 6.08 Å². The summed E-state index contributed by atoms with van der Waals surface area (Å²) in [6, 6.07) is 1.70. The molecule has 0 saturated heterocycles. The molecule has 1 aromatic rings. The molecule has 0 amide bonds. The molecule has 2 heterocycles. The summed E-state index contributed by atoms with van der Waals surface area (Å²) in [6.07, 6.45) is 1.22. The van der Waals surface area contributed by atoms with Crippen LogP contribution >= 0.6 is 0 Å². The van der Waals surface area contributed by atoms with Gasteiger partial charge < -0.3 is 14.6 Å². The smallest absolute Gasteiger partial charge is 0.276 e. The van der Waals surface area contributed by atoms with Gasteiger partial charge in [-0.3, -0.25) is 0 Å². The third kappa shape index (κ3) is 1.54. The molecular formula is C9H10N2O3. The Labute approximate surface area is 81.0 Å². The summed E-state index contributed by atoms with van der Waals surface area (Å²) >= 11 is 0. The van der Waals surface area contributed by atoms with Crippen LogP contribution in [0.1, 0.15) is 5.69 Å². The third-order valence-corrected chi connectivity index (χ3v) is 1.86. The number of rotatable bonds is 2. The van der Waals surface area contributed by atoms with Crippen molar-refractivity contribution in [2.45, 2.75) is 6.10 Å². The van der Waals surface area contributed by atoms with Crippen molar-refractivity contribution in [3.05, 3.63) is 18.3 Å². The van der Waals surface area contributed by atoms with E-state index in [0.29, 0.717) is 23.9 Å². The highest BCUT2D eigenvalue weighted by Crippen LogP contribution is 2.28. The number of aliphatic hydroxyl groups is 1. The van der Waals surface area contributed by atoms with Gasteiger partial charge in [-0.25, -0.2) is 0 Å². The van der Waals surface area contributed by atoms with E-state index < -0.39 is 0 Å². The van der Waals surface area contributed by atoms with Crippen molar-refractivity contribution in [2.75, 3.05) is 13.2 Å². The van der Waals surface area contributed by atoms with Gasteiger partial charge in [-0.2, -0.15) is 0 Å². The van der Waals surface area contributed by atoms with Crippen molar-refractivity contribution in [3.8, 4) is 11.6 Å². The molecule has 0 aliphatic carbocycles. The first kappa shape index (κ1) is 8.96. The van der Waals surface area contributed by atoms with E-state index in [4.69, 9.17) is 14.6 Å². The quantitative estimate of drug-likeness (QED) is 0.731. The maximum atomic E-state index is 8.85. The molecule has 0 fully saturated rings. The Morgan fingerprint density at radius 2 is 2.50 bits per heavy atom. The topological polar surface area (TPSA) is 64.5 Å². The molecular weight excluding hydrogens is 184 g/mol. The molecule has 5 heteroatoms. The second-order valence-electron chi connectivity index (χ2n) is 2.88. The van der Waals surface area contributed by atoms with E-state index in [1.54, 1.807) is 12.1 Å². The number of aliphatic hydroxyl groups excluding tert-OH is 1. The lowest BCUT2D eigenvalue weighted by molar-refractivity contribution is 0.0399. The Balaban J connectivity index is 2.27. The number of fused-ring (bicyclic) bond motifs is 1. The summed E-state index contributed by atoms with van der Waals surface area (Å²) in [4.78, 5) is 0. The Hall–Kier alpha value is -1.62. The van der Waals surface area contributed by atoms with Crippen LogP contribution in [0.4, 0.5) is 0 Å². The van der Waals surface area contributed by atoms with Crippen molar-refractivity contribution in [2.24, 2.45) is 0 Å². The maximum absolute atomic E-state index is 8.85. The van der Waals surface area contributed by atoms with E-state index in [2.05, 4.69) is 16.8 Å². The molecule has 0 spiro atoms. The number of ether oxygens (including phenoxy) is 2. The Morgan fingerprint density at radius 3 is 3.21 bits per heavy atom. The predicted molar refractivity (Wildman–Crippen MR) is 49.1 cm³/mol. The van der Waals surface area contributed by atoms with Crippen molar-refractivity contribution < 1.29 is 14.6 Å². The lowest BCUT2D eigenvalue weighted by atomic mass is 10.3. The van der Waals surface area contributed by atoms with Gasteiger partial charge in [0.25, 0.3) is 5.88 Å². The average Bonchev–Trinajstić information content (AvgIpc) is 2.27. The van der Waals surface area contributed by atoms with Gasteiger partial charge in [0.15, 0.2) is 11.9 Å². The SMILES string of the molecule is C=Cc1cc2c(nn1)OC(CO)CO2. The highest BCUT2D eigenvalue weighted by Gasteiger charge is 2.21. The molecule has 1 unspecified atom stereocenters. The van der Waals surface area contributed by atoms with Gasteiger partial charge in [0.1, 0.15) is 6.61 Å². The van der Waals surface area contributed by atoms with Crippen molar-refractivity contribution in [3.63, 3.8) is 0 Å². The maximum Gasteiger partial charge on any atom is 0.276 e. The van der Waals surface area contributed by atoms with E-state index in [0.717, 1.165) is 0 Å². The monoisotopic (exact) mass is 194 g/mol. The van der Waals surface area contributed by atoms with Crippen LogP contribution in [-0.4, -0.2) is 34.6 Å². The van der Waals surface area contributed by atoms with Gasteiger partial charge in [-0.1, -0.05) is 6.58 Å². The summed E-state index contributed by atoms with van der Waals surface area (Å²) in [6.45, 7) is 3.80. The van der Waals surface area contributed by atoms with Crippen LogP contribution in [0.25, 0.3) is 6.08 Å². The third-order valence-electron chi connectivity index (χ3n) is 1.86. The second kappa shape index (κ2) is 3.63. The zero-order chi connectivity index (χ0) is 9.97. The van der Waals surface area contributed by atoms with E-state index in [1.165, 1.54) is 0 Å². The van der Waals surface area contributed by atoms with Crippen LogP contribution < -0.4 is 9.47 Å². The molecule has 5 nitrogen and oxygen atoms in total. The van der Waals surface area contributed by atoms with Gasteiger partial charge in [0.2, 0.25) is 0 Å². The lowest BCUT2D eigenvalue weighted by Gasteiger charge is -2.23. The minimum Gasteiger partial charge on any atom is -0.484 e. The largest absolute Gasteiger partial charge is 0.484 e. The Bertz CT molecular complexity index is 354. The minimum absolute atomic E-state index is 0.0929. The van der Waals surface area contributed by atoms with Gasteiger partial charge in [0, 0.05) is 6.07 Å². The van der Waals surface area contributed by atoms with Crippen LogP contribution in [0, 0.1) is 0 Å². The van der Waals surface area contributed by atoms with E-state index >= 15 is 0 Å². The van der Waals surface area contributed by atoms with Gasteiger partial charge >= 0.3 is 0 Å². The predicted octanol–water partition coefficient (Wildman–Crippen LogP) is 0.252. The standard InChI is InChI=1S/C9H10N2O3/c1-2-6-3-8-9(11-10-6)14-7(4-12)5-13-8/h2-3,7,12H,1,4-5H2. The van der Waals surface area contributed by atoms with Crippen molar-refractivity contribution in [1.82, 2.24) is 10.2 Å². The van der Waals surface area contributed by atoms with Crippen molar-refractivity contribution in [1.29, 1.82) is 0 Å². The number of nitrogens with zero attached hydrogens (tertiary/aromatic N) is 2. The van der Waals surface area contributed by atoms with Crippen LogP contribution in [0.5, 0.6) is 11.6 Å². The molecule has 0 saturated carbocycles. The molecule has 1 aromatic heterocycles. The molecule has 0 bridgehead atoms.